The SMILES string of the molecule is CC(C)Oc1ccccc1-c1cc2c(N[C@H](C)c3ccccc3)ncnc2[nH]1. The Bertz CT molecular complexity index is 1070. The van der Waals surface area contributed by atoms with Crippen molar-refractivity contribution in [2.45, 2.75) is 32.9 Å². The van der Waals surface area contributed by atoms with Gasteiger partial charge < -0.3 is 15.0 Å². The number of hydrogen-bond acceptors (Lipinski definition) is 4. The van der Waals surface area contributed by atoms with Crippen molar-refractivity contribution in [3.05, 3.63) is 72.6 Å². The normalized spacial score (nSPS) is 12.3. The minimum absolute atomic E-state index is 0.106. The van der Waals surface area contributed by atoms with E-state index in [-0.39, 0.29) is 12.1 Å². The first-order chi connectivity index (χ1) is 13.6. The van der Waals surface area contributed by atoms with Crippen LogP contribution in [-0.4, -0.2) is 21.1 Å². The maximum Gasteiger partial charge on any atom is 0.143 e. The van der Waals surface area contributed by atoms with E-state index in [9.17, 15) is 0 Å². The van der Waals surface area contributed by atoms with Crippen molar-refractivity contribution < 1.29 is 4.74 Å². The van der Waals surface area contributed by atoms with Gasteiger partial charge in [0.15, 0.2) is 0 Å². The number of nitrogens with zero attached hydrogens (tertiary/aromatic N) is 2. The molecule has 0 saturated heterocycles. The molecule has 0 saturated carbocycles. The second-order valence-corrected chi connectivity index (χ2v) is 7.11. The monoisotopic (exact) mass is 372 g/mol. The molecular formula is C23H24N4O. The zero-order valence-corrected chi connectivity index (χ0v) is 16.3. The van der Waals surface area contributed by atoms with Gasteiger partial charge in [-0.2, -0.15) is 0 Å². The third-order valence-electron chi connectivity index (χ3n) is 4.62. The summed E-state index contributed by atoms with van der Waals surface area (Å²) in [6.45, 7) is 6.18. The molecule has 0 unspecified atom stereocenters. The zero-order chi connectivity index (χ0) is 19.5. The molecule has 5 heteroatoms. The van der Waals surface area contributed by atoms with Gasteiger partial charge in [0, 0.05) is 11.6 Å². The number of ether oxygens (including phenoxy) is 1. The lowest BCUT2D eigenvalue weighted by atomic mass is 10.1. The molecule has 2 aromatic carbocycles. The molecule has 2 N–H and O–H groups in total. The van der Waals surface area contributed by atoms with E-state index in [4.69, 9.17) is 4.74 Å². The van der Waals surface area contributed by atoms with Crippen LogP contribution >= 0.6 is 0 Å². The molecule has 28 heavy (non-hydrogen) atoms. The Kier molecular flexibility index (Phi) is 4.98. The maximum atomic E-state index is 5.98. The smallest absolute Gasteiger partial charge is 0.143 e. The average molecular weight is 372 g/mol. The van der Waals surface area contributed by atoms with Crippen LogP contribution in [0.2, 0.25) is 0 Å². The number of aromatic nitrogens is 3. The molecule has 0 aliphatic rings. The van der Waals surface area contributed by atoms with E-state index in [0.29, 0.717) is 0 Å². The van der Waals surface area contributed by atoms with Crippen molar-refractivity contribution >= 4 is 16.9 Å². The molecule has 0 radical (unpaired) electrons. The second kappa shape index (κ2) is 7.72. The Hall–Kier alpha value is -3.34. The van der Waals surface area contributed by atoms with Crippen LogP contribution in [0.25, 0.3) is 22.3 Å². The molecular weight excluding hydrogens is 348 g/mol. The third kappa shape index (κ3) is 3.69. The molecule has 0 amide bonds. The van der Waals surface area contributed by atoms with Crippen molar-refractivity contribution in [3.8, 4) is 17.0 Å². The first kappa shape index (κ1) is 18.0. The summed E-state index contributed by atoms with van der Waals surface area (Å²) in [6, 6.07) is 20.6. The summed E-state index contributed by atoms with van der Waals surface area (Å²) in [6.07, 6.45) is 1.69. The van der Waals surface area contributed by atoms with Gasteiger partial charge in [-0.15, -0.1) is 0 Å². The predicted octanol–water partition coefficient (Wildman–Crippen LogP) is 5.59. The number of para-hydroxylation sites is 1. The van der Waals surface area contributed by atoms with E-state index >= 15 is 0 Å². The number of anilines is 1. The molecule has 5 nitrogen and oxygen atoms in total. The molecule has 0 aliphatic carbocycles. The van der Waals surface area contributed by atoms with Gasteiger partial charge in [0.1, 0.15) is 23.5 Å². The number of fused-ring (bicyclic) bond motifs is 1. The topological polar surface area (TPSA) is 62.8 Å². The molecule has 142 valence electrons. The minimum atomic E-state index is 0.106. The van der Waals surface area contributed by atoms with E-state index in [1.807, 2.05) is 50.2 Å². The Balaban J connectivity index is 1.70. The van der Waals surface area contributed by atoms with Gasteiger partial charge in [-0.3, -0.25) is 0 Å². The number of rotatable bonds is 6. The quantitative estimate of drug-likeness (QED) is 0.463. The highest BCUT2D eigenvalue weighted by Gasteiger charge is 2.15. The molecule has 4 rings (SSSR count). The van der Waals surface area contributed by atoms with Gasteiger partial charge in [-0.05, 0) is 44.5 Å². The summed E-state index contributed by atoms with van der Waals surface area (Å²) >= 11 is 0. The number of nitrogens with one attached hydrogen (secondary N) is 2. The Morgan fingerprint density at radius 3 is 2.46 bits per heavy atom. The van der Waals surface area contributed by atoms with Gasteiger partial charge in [0.2, 0.25) is 0 Å². The summed E-state index contributed by atoms with van der Waals surface area (Å²) in [5.41, 5.74) is 3.98. The van der Waals surface area contributed by atoms with Crippen molar-refractivity contribution in [1.82, 2.24) is 15.0 Å². The largest absolute Gasteiger partial charge is 0.490 e. The first-order valence-corrected chi connectivity index (χ1v) is 9.53. The van der Waals surface area contributed by atoms with Crippen molar-refractivity contribution in [2.75, 3.05) is 5.32 Å². The highest BCUT2D eigenvalue weighted by molar-refractivity contribution is 5.92. The molecule has 4 aromatic rings. The van der Waals surface area contributed by atoms with E-state index in [1.165, 1.54) is 5.56 Å². The van der Waals surface area contributed by atoms with Gasteiger partial charge in [-0.1, -0.05) is 42.5 Å². The number of hydrogen-bond donors (Lipinski definition) is 2. The highest BCUT2D eigenvalue weighted by Crippen LogP contribution is 2.34. The maximum absolute atomic E-state index is 5.98. The number of aromatic amines is 1. The predicted molar refractivity (Wildman–Crippen MR) is 114 cm³/mol. The first-order valence-electron chi connectivity index (χ1n) is 9.53. The van der Waals surface area contributed by atoms with Crippen LogP contribution < -0.4 is 10.1 Å². The van der Waals surface area contributed by atoms with Crippen LogP contribution in [-0.2, 0) is 0 Å². The number of benzene rings is 2. The molecule has 0 fully saturated rings. The van der Waals surface area contributed by atoms with E-state index in [2.05, 4.69) is 51.5 Å². The van der Waals surface area contributed by atoms with Crippen LogP contribution in [0.1, 0.15) is 32.4 Å². The molecule has 2 aromatic heterocycles. The summed E-state index contributed by atoms with van der Waals surface area (Å²) in [5, 5.41) is 4.47. The lowest BCUT2D eigenvalue weighted by Crippen LogP contribution is -2.08. The fraction of sp³-hybridized carbons (Fsp3) is 0.217. The average Bonchev–Trinajstić information content (AvgIpc) is 3.14. The Labute approximate surface area is 164 Å². The highest BCUT2D eigenvalue weighted by atomic mass is 16.5. The standard InChI is InChI=1S/C23H24N4O/c1-15(2)28-21-12-8-7-11-18(21)20-13-19-22(24-14-25-23(19)27-20)26-16(3)17-9-5-4-6-10-17/h4-16H,1-3H3,(H2,24,25,26,27)/t16-/m1/s1. The third-order valence-corrected chi connectivity index (χ3v) is 4.62. The Morgan fingerprint density at radius 1 is 0.929 bits per heavy atom. The van der Waals surface area contributed by atoms with E-state index in [1.54, 1.807) is 6.33 Å². The molecule has 0 bridgehead atoms. The second-order valence-electron chi connectivity index (χ2n) is 7.11. The van der Waals surface area contributed by atoms with Gasteiger partial charge >= 0.3 is 0 Å². The molecule has 0 spiro atoms. The Morgan fingerprint density at radius 2 is 1.68 bits per heavy atom. The van der Waals surface area contributed by atoms with Crippen LogP contribution in [0.15, 0.2) is 67.0 Å². The number of H-pyrrole nitrogens is 1. The zero-order valence-electron chi connectivity index (χ0n) is 16.3. The summed E-state index contributed by atoms with van der Waals surface area (Å²) < 4.78 is 5.98. The molecule has 2 heterocycles. The lowest BCUT2D eigenvalue weighted by molar-refractivity contribution is 0.243. The van der Waals surface area contributed by atoms with Crippen LogP contribution in [0.5, 0.6) is 5.75 Å². The van der Waals surface area contributed by atoms with Gasteiger partial charge in [0.05, 0.1) is 17.2 Å². The molecule has 1 atom stereocenters. The fourth-order valence-corrected chi connectivity index (χ4v) is 3.28. The van der Waals surface area contributed by atoms with Gasteiger partial charge in [0.25, 0.3) is 0 Å². The fourth-order valence-electron chi connectivity index (χ4n) is 3.28. The van der Waals surface area contributed by atoms with Crippen LogP contribution in [0.3, 0.4) is 0 Å². The summed E-state index contributed by atoms with van der Waals surface area (Å²) in [7, 11) is 0. The minimum Gasteiger partial charge on any atom is -0.490 e. The molecule has 0 aliphatic heterocycles. The van der Waals surface area contributed by atoms with E-state index in [0.717, 1.165) is 33.9 Å². The van der Waals surface area contributed by atoms with E-state index < -0.39 is 0 Å². The lowest BCUT2D eigenvalue weighted by Gasteiger charge is -2.15. The van der Waals surface area contributed by atoms with Crippen molar-refractivity contribution in [1.29, 1.82) is 0 Å². The van der Waals surface area contributed by atoms with Crippen molar-refractivity contribution in [3.63, 3.8) is 0 Å². The summed E-state index contributed by atoms with van der Waals surface area (Å²) in [5.74, 6) is 1.66. The summed E-state index contributed by atoms with van der Waals surface area (Å²) in [4.78, 5) is 12.3. The van der Waals surface area contributed by atoms with Crippen LogP contribution in [0.4, 0.5) is 5.82 Å². The van der Waals surface area contributed by atoms with Gasteiger partial charge in [-0.25, -0.2) is 9.97 Å². The van der Waals surface area contributed by atoms with Crippen LogP contribution in [0, 0.1) is 0 Å². The van der Waals surface area contributed by atoms with Crippen molar-refractivity contribution in [2.24, 2.45) is 0 Å².